The second-order valence-corrected chi connectivity index (χ2v) is 8.34. The van der Waals surface area contributed by atoms with Crippen molar-refractivity contribution in [2.45, 2.75) is 46.2 Å². The zero-order chi connectivity index (χ0) is 23.4. The summed E-state index contributed by atoms with van der Waals surface area (Å²) >= 11 is 0. The number of aromatic nitrogens is 3. The lowest BCUT2D eigenvalue weighted by Crippen LogP contribution is -2.30. The van der Waals surface area contributed by atoms with Crippen LogP contribution in [0.2, 0.25) is 0 Å². The first-order valence-electron chi connectivity index (χ1n) is 10.6. The fourth-order valence-corrected chi connectivity index (χ4v) is 3.29. The number of ether oxygens (including phenoxy) is 2. The van der Waals surface area contributed by atoms with E-state index in [1.54, 1.807) is 31.1 Å². The van der Waals surface area contributed by atoms with E-state index in [0.717, 1.165) is 17.0 Å². The van der Waals surface area contributed by atoms with E-state index in [2.05, 4.69) is 5.10 Å². The van der Waals surface area contributed by atoms with Crippen LogP contribution < -0.4 is 4.74 Å². The second-order valence-electron chi connectivity index (χ2n) is 8.34. The van der Waals surface area contributed by atoms with Gasteiger partial charge in [0.25, 0.3) is 5.91 Å². The lowest BCUT2D eigenvalue weighted by atomic mass is 10.1. The first-order valence-corrected chi connectivity index (χ1v) is 10.6. The van der Waals surface area contributed by atoms with Crippen LogP contribution in [-0.4, -0.2) is 52.3 Å². The van der Waals surface area contributed by atoms with Gasteiger partial charge in [0.05, 0.1) is 24.3 Å². The molecule has 0 atom stereocenters. The van der Waals surface area contributed by atoms with Gasteiger partial charge in [-0.25, -0.2) is 14.5 Å². The highest BCUT2D eigenvalue weighted by Crippen LogP contribution is 2.25. The fraction of sp³-hybridized carbons (Fsp3) is 0.417. The lowest BCUT2D eigenvalue weighted by Gasteiger charge is -2.17. The molecule has 2 heterocycles. The van der Waals surface area contributed by atoms with Crippen molar-refractivity contribution >= 4 is 22.9 Å². The summed E-state index contributed by atoms with van der Waals surface area (Å²) in [6, 6.07) is 9.29. The van der Waals surface area contributed by atoms with Crippen molar-refractivity contribution in [1.29, 1.82) is 0 Å². The smallest absolute Gasteiger partial charge is 0.339 e. The Bertz CT molecular complexity index is 1100. The summed E-state index contributed by atoms with van der Waals surface area (Å²) < 4.78 is 12.3. The quantitative estimate of drug-likeness (QED) is 0.495. The summed E-state index contributed by atoms with van der Waals surface area (Å²) in [6.45, 7) is 8.09. The molecule has 0 spiro atoms. The Balaban J connectivity index is 1.72. The second kappa shape index (κ2) is 9.80. The molecule has 0 aliphatic rings. The Morgan fingerprint density at radius 3 is 2.41 bits per heavy atom. The maximum atomic E-state index is 12.9. The normalized spacial score (nSPS) is 11.2. The summed E-state index contributed by atoms with van der Waals surface area (Å²) in [5, 5.41) is 5.00. The Morgan fingerprint density at radius 2 is 1.81 bits per heavy atom. The van der Waals surface area contributed by atoms with Crippen LogP contribution >= 0.6 is 0 Å². The van der Waals surface area contributed by atoms with E-state index in [4.69, 9.17) is 14.5 Å². The summed E-state index contributed by atoms with van der Waals surface area (Å²) in [4.78, 5) is 31.6. The van der Waals surface area contributed by atoms with E-state index in [1.165, 1.54) is 4.90 Å². The van der Waals surface area contributed by atoms with Gasteiger partial charge in [0, 0.05) is 25.3 Å². The van der Waals surface area contributed by atoms with Gasteiger partial charge in [0.15, 0.2) is 12.3 Å². The van der Waals surface area contributed by atoms with Crippen LogP contribution in [0.1, 0.15) is 61.3 Å². The lowest BCUT2D eigenvalue weighted by molar-refractivity contribution is -0.133. The minimum atomic E-state index is -0.561. The standard InChI is InChI=1S/C24H30N4O4/c1-15(2)21-11-19(20-12-25-28(16(3)4)23(20)26-21)24(30)32-14-22(29)27(5)13-17-7-9-18(31-6)10-8-17/h7-12,15-16H,13-14H2,1-6H3. The molecule has 0 saturated carbocycles. The molecule has 170 valence electrons. The predicted octanol–water partition coefficient (Wildman–Crippen LogP) is 3.96. The van der Waals surface area contributed by atoms with E-state index in [9.17, 15) is 9.59 Å². The maximum absolute atomic E-state index is 12.9. The SMILES string of the molecule is COc1ccc(CN(C)C(=O)COC(=O)c2cc(C(C)C)nc3c2cnn3C(C)C)cc1. The van der Waals surface area contributed by atoms with Gasteiger partial charge >= 0.3 is 5.97 Å². The van der Waals surface area contributed by atoms with E-state index >= 15 is 0 Å². The number of nitrogens with zero attached hydrogens (tertiary/aromatic N) is 4. The van der Waals surface area contributed by atoms with Crippen LogP contribution in [0.15, 0.2) is 36.5 Å². The zero-order valence-corrected chi connectivity index (χ0v) is 19.5. The van der Waals surface area contributed by atoms with E-state index < -0.39 is 5.97 Å². The van der Waals surface area contributed by atoms with Gasteiger partial charge in [-0.3, -0.25) is 4.79 Å². The molecule has 3 rings (SSSR count). The van der Waals surface area contributed by atoms with Gasteiger partial charge in [-0.05, 0) is 43.5 Å². The number of fused-ring (bicyclic) bond motifs is 1. The van der Waals surface area contributed by atoms with Gasteiger partial charge in [-0.2, -0.15) is 5.10 Å². The number of benzene rings is 1. The number of carbonyl (C=O) groups is 2. The Kier molecular flexibility index (Phi) is 7.12. The maximum Gasteiger partial charge on any atom is 0.339 e. The van der Waals surface area contributed by atoms with Crippen molar-refractivity contribution in [1.82, 2.24) is 19.7 Å². The van der Waals surface area contributed by atoms with Gasteiger partial charge in [-0.15, -0.1) is 0 Å². The van der Waals surface area contributed by atoms with E-state index in [1.807, 2.05) is 52.0 Å². The summed E-state index contributed by atoms with van der Waals surface area (Å²) in [7, 11) is 3.28. The summed E-state index contributed by atoms with van der Waals surface area (Å²) in [6.07, 6.45) is 1.63. The molecule has 32 heavy (non-hydrogen) atoms. The first-order chi connectivity index (χ1) is 15.2. The van der Waals surface area contributed by atoms with E-state index in [-0.39, 0.29) is 24.5 Å². The number of rotatable bonds is 8. The van der Waals surface area contributed by atoms with Crippen molar-refractivity contribution in [2.24, 2.45) is 0 Å². The largest absolute Gasteiger partial charge is 0.497 e. The monoisotopic (exact) mass is 438 g/mol. The zero-order valence-electron chi connectivity index (χ0n) is 19.5. The van der Waals surface area contributed by atoms with Crippen LogP contribution in [-0.2, 0) is 16.1 Å². The Morgan fingerprint density at radius 1 is 1.12 bits per heavy atom. The molecule has 3 aromatic rings. The molecular weight excluding hydrogens is 408 g/mol. The molecule has 8 heteroatoms. The van der Waals surface area contributed by atoms with Crippen LogP contribution in [0.5, 0.6) is 5.75 Å². The molecule has 0 saturated heterocycles. The molecule has 0 aliphatic heterocycles. The van der Waals surface area contributed by atoms with Gasteiger partial charge in [-0.1, -0.05) is 26.0 Å². The van der Waals surface area contributed by atoms with Crippen molar-refractivity contribution < 1.29 is 19.1 Å². The first kappa shape index (κ1) is 23.2. The minimum Gasteiger partial charge on any atom is -0.497 e. The third-order valence-electron chi connectivity index (χ3n) is 5.22. The molecular formula is C24H30N4O4. The number of esters is 1. The average Bonchev–Trinajstić information content (AvgIpc) is 3.21. The highest BCUT2D eigenvalue weighted by atomic mass is 16.5. The number of pyridine rings is 1. The molecule has 1 aromatic carbocycles. The van der Waals surface area contributed by atoms with Crippen LogP contribution in [0, 0.1) is 0 Å². The van der Waals surface area contributed by atoms with E-state index in [0.29, 0.717) is 23.1 Å². The highest BCUT2D eigenvalue weighted by molar-refractivity contribution is 6.03. The fourth-order valence-electron chi connectivity index (χ4n) is 3.29. The molecule has 0 unspecified atom stereocenters. The predicted molar refractivity (Wildman–Crippen MR) is 122 cm³/mol. The van der Waals surface area contributed by atoms with Crippen molar-refractivity contribution in [3.05, 3.63) is 53.3 Å². The number of amides is 1. The van der Waals surface area contributed by atoms with Crippen molar-refractivity contribution in [2.75, 3.05) is 20.8 Å². The molecule has 1 amide bonds. The Labute approximate surface area is 188 Å². The van der Waals surface area contributed by atoms with Crippen LogP contribution in [0.25, 0.3) is 11.0 Å². The topological polar surface area (TPSA) is 86.5 Å². The minimum absolute atomic E-state index is 0.0967. The average molecular weight is 439 g/mol. The molecule has 0 radical (unpaired) electrons. The molecule has 0 fully saturated rings. The highest BCUT2D eigenvalue weighted by Gasteiger charge is 2.21. The molecule has 0 aliphatic carbocycles. The van der Waals surface area contributed by atoms with Gasteiger partial charge in [0.2, 0.25) is 0 Å². The number of hydrogen-bond donors (Lipinski definition) is 0. The number of likely N-dealkylation sites (N-methyl/N-ethyl adjacent to an activating group) is 1. The van der Waals surface area contributed by atoms with Crippen LogP contribution in [0.4, 0.5) is 0 Å². The molecule has 0 N–H and O–H groups in total. The summed E-state index contributed by atoms with van der Waals surface area (Å²) in [5.41, 5.74) is 2.73. The third kappa shape index (κ3) is 5.07. The van der Waals surface area contributed by atoms with Crippen molar-refractivity contribution in [3.8, 4) is 5.75 Å². The number of carbonyl (C=O) groups excluding carboxylic acids is 2. The van der Waals surface area contributed by atoms with Gasteiger partial charge < -0.3 is 14.4 Å². The summed E-state index contributed by atoms with van der Waals surface area (Å²) in [5.74, 6) is 0.0239. The Hall–Kier alpha value is -3.42. The van der Waals surface area contributed by atoms with Crippen LogP contribution in [0.3, 0.4) is 0 Å². The number of methoxy groups -OCH3 is 1. The molecule has 2 aromatic heterocycles. The molecule has 0 bridgehead atoms. The van der Waals surface area contributed by atoms with Gasteiger partial charge in [0.1, 0.15) is 5.75 Å². The third-order valence-corrected chi connectivity index (χ3v) is 5.22. The molecule has 8 nitrogen and oxygen atoms in total. The van der Waals surface area contributed by atoms with Crippen molar-refractivity contribution in [3.63, 3.8) is 0 Å². The number of hydrogen-bond acceptors (Lipinski definition) is 6.